The lowest BCUT2D eigenvalue weighted by Crippen LogP contribution is -2.23. The first-order chi connectivity index (χ1) is 15.5. The van der Waals surface area contributed by atoms with Gasteiger partial charge in [0, 0.05) is 36.8 Å². The van der Waals surface area contributed by atoms with Crippen molar-refractivity contribution in [2.75, 3.05) is 26.0 Å². The van der Waals surface area contributed by atoms with Gasteiger partial charge in [-0.05, 0) is 42.6 Å². The molecular weight excluding hydrogens is 424 g/mol. The maximum atomic E-state index is 11.8. The fourth-order valence-electron chi connectivity index (χ4n) is 4.32. The first-order valence-electron chi connectivity index (χ1n) is 10.8. The number of nitrogens with one attached hydrogen (secondary N) is 1. The number of fused-ring (bicyclic) bond motifs is 1. The largest absolute Gasteiger partial charge is 0.486 e. The van der Waals surface area contributed by atoms with Crippen LogP contribution in [-0.4, -0.2) is 45.1 Å². The van der Waals surface area contributed by atoms with Crippen molar-refractivity contribution in [3.05, 3.63) is 66.0 Å². The Hall–Kier alpha value is -2.97. The summed E-state index contributed by atoms with van der Waals surface area (Å²) < 4.78 is 30.9. The summed E-state index contributed by atoms with van der Waals surface area (Å²) in [6, 6.07) is 14.9. The molecule has 5 rings (SSSR count). The molecule has 1 N–H and O–H groups in total. The van der Waals surface area contributed by atoms with Crippen LogP contribution in [0.1, 0.15) is 30.0 Å². The summed E-state index contributed by atoms with van der Waals surface area (Å²) in [7, 11) is -2.80. The fraction of sp³-hybridized carbons (Fsp3) is 0.333. The van der Waals surface area contributed by atoms with Gasteiger partial charge in [0.25, 0.3) is 0 Å². The second kappa shape index (κ2) is 8.52. The molecule has 0 amide bonds. The molecule has 0 bridgehead atoms. The molecule has 3 aromatic rings. The Labute approximate surface area is 188 Å². The van der Waals surface area contributed by atoms with E-state index in [1.165, 1.54) is 36.2 Å². The summed E-state index contributed by atoms with van der Waals surface area (Å²) in [5.74, 6) is 2.25. The van der Waals surface area contributed by atoms with E-state index in [2.05, 4.69) is 39.1 Å². The number of rotatable bonds is 5. The Kier molecular flexibility index (Phi) is 5.57. The van der Waals surface area contributed by atoms with Gasteiger partial charge < -0.3 is 9.47 Å². The molecule has 0 spiro atoms. The van der Waals surface area contributed by atoms with Crippen LogP contribution < -0.4 is 9.47 Å². The minimum Gasteiger partial charge on any atom is -0.486 e. The van der Waals surface area contributed by atoms with Crippen molar-refractivity contribution in [1.82, 2.24) is 14.9 Å². The zero-order valence-corrected chi connectivity index (χ0v) is 18.8. The van der Waals surface area contributed by atoms with Crippen molar-refractivity contribution in [2.24, 2.45) is 0 Å². The number of nitrogens with zero attached hydrogens (tertiary/aromatic N) is 3. The molecule has 2 aliphatic rings. The van der Waals surface area contributed by atoms with E-state index in [1.54, 1.807) is 0 Å². The Bertz CT molecular complexity index is 1210. The van der Waals surface area contributed by atoms with Gasteiger partial charge in [-0.1, -0.05) is 30.3 Å². The number of aromatic nitrogens is 2. The molecule has 8 heteroatoms. The maximum absolute atomic E-state index is 11.8. The summed E-state index contributed by atoms with van der Waals surface area (Å²) in [4.78, 5) is 11.4. The molecule has 1 saturated heterocycles. The molecule has 32 heavy (non-hydrogen) atoms. The van der Waals surface area contributed by atoms with E-state index in [4.69, 9.17) is 14.3 Å². The smallest absolute Gasteiger partial charge is 0.161 e. The Morgan fingerprint density at radius 2 is 1.78 bits per heavy atom. The summed E-state index contributed by atoms with van der Waals surface area (Å²) in [6.07, 6.45) is 6.64. The maximum Gasteiger partial charge on any atom is 0.161 e. The lowest BCUT2D eigenvalue weighted by Gasteiger charge is -2.26. The first kappa shape index (κ1) is 20.9. The van der Waals surface area contributed by atoms with Crippen molar-refractivity contribution < 1.29 is 13.7 Å². The summed E-state index contributed by atoms with van der Waals surface area (Å²) in [5, 5.41) is 0. The van der Waals surface area contributed by atoms with Gasteiger partial charge in [0.1, 0.15) is 13.2 Å². The average molecular weight is 451 g/mol. The second-order valence-electron chi connectivity index (χ2n) is 8.31. The average Bonchev–Trinajstić information content (AvgIpc) is 3.27. The van der Waals surface area contributed by atoms with Crippen LogP contribution in [0.2, 0.25) is 0 Å². The van der Waals surface area contributed by atoms with Crippen LogP contribution in [0.4, 0.5) is 0 Å². The van der Waals surface area contributed by atoms with E-state index in [-0.39, 0.29) is 0 Å². The number of hydrogen-bond donors (Lipinski definition) is 1. The molecule has 7 nitrogen and oxygen atoms in total. The van der Waals surface area contributed by atoms with Gasteiger partial charge in [0.2, 0.25) is 0 Å². The van der Waals surface area contributed by atoms with Crippen molar-refractivity contribution in [3.8, 4) is 22.9 Å². The number of hydrogen-bond acceptors (Lipinski definition) is 7. The molecule has 0 radical (unpaired) electrons. The SMILES string of the molecule is CS(=N)(=O)c1cnc(-c2ccc(CN3CCC[C@@H]3c3ccc4c(c3)OCCO4)cc2)nc1. The third-order valence-corrected chi connectivity index (χ3v) is 7.10. The number of ether oxygens (including phenoxy) is 2. The molecule has 1 fully saturated rings. The van der Waals surface area contributed by atoms with Crippen molar-refractivity contribution in [2.45, 2.75) is 30.3 Å². The highest BCUT2D eigenvalue weighted by Crippen LogP contribution is 2.38. The fourth-order valence-corrected chi connectivity index (χ4v) is 4.83. The van der Waals surface area contributed by atoms with Crippen molar-refractivity contribution >= 4 is 9.73 Å². The zero-order chi connectivity index (χ0) is 22.1. The van der Waals surface area contributed by atoms with Crippen LogP contribution in [-0.2, 0) is 16.3 Å². The summed E-state index contributed by atoms with van der Waals surface area (Å²) in [5.41, 5.74) is 3.41. The van der Waals surface area contributed by atoms with Crippen molar-refractivity contribution in [1.29, 1.82) is 4.78 Å². The van der Waals surface area contributed by atoms with E-state index in [9.17, 15) is 4.21 Å². The van der Waals surface area contributed by atoms with E-state index >= 15 is 0 Å². The minimum absolute atomic E-state index is 0.345. The van der Waals surface area contributed by atoms with E-state index in [1.807, 2.05) is 18.2 Å². The van der Waals surface area contributed by atoms with Gasteiger partial charge >= 0.3 is 0 Å². The molecule has 0 aliphatic carbocycles. The molecule has 2 aromatic carbocycles. The van der Waals surface area contributed by atoms with Gasteiger partial charge in [-0.3, -0.25) is 4.90 Å². The van der Waals surface area contributed by atoms with Gasteiger partial charge in [-0.2, -0.15) is 0 Å². The summed E-state index contributed by atoms with van der Waals surface area (Å²) in [6.45, 7) is 3.14. The molecule has 1 unspecified atom stereocenters. The van der Waals surface area contributed by atoms with Crippen LogP contribution in [0.25, 0.3) is 11.4 Å². The van der Waals surface area contributed by atoms with E-state index < -0.39 is 9.73 Å². The number of likely N-dealkylation sites (tertiary alicyclic amines) is 1. The third kappa shape index (κ3) is 4.33. The van der Waals surface area contributed by atoms with Crippen LogP contribution in [0.15, 0.2) is 59.8 Å². The highest BCUT2D eigenvalue weighted by Gasteiger charge is 2.27. The van der Waals surface area contributed by atoms with Crippen LogP contribution in [0.3, 0.4) is 0 Å². The van der Waals surface area contributed by atoms with E-state index in [0.29, 0.717) is 30.0 Å². The van der Waals surface area contributed by atoms with E-state index in [0.717, 1.165) is 36.6 Å². The van der Waals surface area contributed by atoms with Gasteiger partial charge in [0.15, 0.2) is 17.3 Å². The standard InChI is InChI=1S/C24H26N4O3S/c1-32(25,29)20-14-26-24(27-15-20)18-6-4-17(5-7-18)16-28-10-2-3-21(28)19-8-9-22-23(13-19)31-12-11-30-22/h4-9,13-15,21,25H,2-3,10-12,16H2,1H3/t21-,32?/m1/s1. The molecule has 0 saturated carbocycles. The Morgan fingerprint density at radius 3 is 2.50 bits per heavy atom. The first-order valence-corrected chi connectivity index (χ1v) is 12.7. The monoisotopic (exact) mass is 450 g/mol. The van der Waals surface area contributed by atoms with Crippen LogP contribution >= 0.6 is 0 Å². The topological polar surface area (TPSA) is 88.4 Å². The molecule has 3 heterocycles. The number of benzene rings is 2. The van der Waals surface area contributed by atoms with Gasteiger partial charge in [-0.25, -0.2) is 19.0 Å². The quantitative estimate of drug-likeness (QED) is 0.624. The lowest BCUT2D eigenvalue weighted by atomic mass is 10.0. The van der Waals surface area contributed by atoms with Gasteiger partial charge in [-0.15, -0.1) is 0 Å². The predicted molar refractivity (Wildman–Crippen MR) is 122 cm³/mol. The van der Waals surface area contributed by atoms with Crippen LogP contribution in [0, 0.1) is 4.78 Å². The van der Waals surface area contributed by atoms with Gasteiger partial charge in [0.05, 0.1) is 14.6 Å². The molecular formula is C24H26N4O3S. The predicted octanol–water partition coefficient (Wildman–Crippen LogP) is 4.29. The highest BCUT2D eigenvalue weighted by molar-refractivity contribution is 7.91. The molecule has 1 aromatic heterocycles. The zero-order valence-electron chi connectivity index (χ0n) is 18.0. The molecule has 2 aliphatic heterocycles. The molecule has 2 atom stereocenters. The third-order valence-electron chi connectivity index (χ3n) is 5.99. The van der Waals surface area contributed by atoms with Crippen LogP contribution in [0.5, 0.6) is 11.5 Å². The Morgan fingerprint density at radius 1 is 1.06 bits per heavy atom. The minimum atomic E-state index is -2.80. The lowest BCUT2D eigenvalue weighted by molar-refractivity contribution is 0.170. The highest BCUT2D eigenvalue weighted by atomic mass is 32.2. The summed E-state index contributed by atoms with van der Waals surface area (Å²) >= 11 is 0. The second-order valence-corrected chi connectivity index (χ2v) is 10.5. The van der Waals surface area contributed by atoms with Crippen molar-refractivity contribution in [3.63, 3.8) is 0 Å². The normalized spacial score (nSPS) is 20.1. The molecule has 166 valence electrons. The Balaban J connectivity index is 1.30.